The number of halogens is 1. The molecule has 0 saturated heterocycles. The minimum Gasteiger partial charge on any atom is -0.493 e. The molecule has 0 aliphatic carbocycles. The van der Waals surface area contributed by atoms with Crippen molar-refractivity contribution in [1.82, 2.24) is 0 Å². The SMILES string of the molecule is C#CCCCOc1cc(F)ccc1C(C)O. The van der Waals surface area contributed by atoms with Gasteiger partial charge in [0.05, 0.1) is 12.7 Å². The highest BCUT2D eigenvalue weighted by Gasteiger charge is 2.09. The maximum atomic E-state index is 13.0. The van der Waals surface area contributed by atoms with E-state index >= 15 is 0 Å². The van der Waals surface area contributed by atoms with Crippen molar-refractivity contribution in [2.24, 2.45) is 0 Å². The molecule has 0 aliphatic heterocycles. The lowest BCUT2D eigenvalue weighted by atomic mass is 10.1. The standard InChI is InChI=1S/C13H15FO2/c1-3-4-5-8-16-13-9-11(14)6-7-12(13)10(2)15/h1,6-7,9-10,15H,4-5,8H2,2H3. The van der Waals surface area contributed by atoms with Gasteiger partial charge < -0.3 is 9.84 Å². The lowest BCUT2D eigenvalue weighted by molar-refractivity contribution is 0.190. The van der Waals surface area contributed by atoms with Crippen LogP contribution in [-0.4, -0.2) is 11.7 Å². The van der Waals surface area contributed by atoms with Gasteiger partial charge in [0.15, 0.2) is 0 Å². The zero-order valence-electron chi connectivity index (χ0n) is 9.24. The second-order valence-corrected chi connectivity index (χ2v) is 3.51. The number of benzene rings is 1. The highest BCUT2D eigenvalue weighted by molar-refractivity contribution is 5.35. The van der Waals surface area contributed by atoms with Crippen molar-refractivity contribution in [3.05, 3.63) is 29.6 Å². The maximum absolute atomic E-state index is 13.0. The van der Waals surface area contributed by atoms with Gasteiger partial charge >= 0.3 is 0 Å². The van der Waals surface area contributed by atoms with Crippen LogP contribution in [0.25, 0.3) is 0 Å². The average molecular weight is 222 g/mol. The Morgan fingerprint density at radius 1 is 1.56 bits per heavy atom. The highest BCUT2D eigenvalue weighted by atomic mass is 19.1. The van der Waals surface area contributed by atoms with Crippen molar-refractivity contribution in [3.8, 4) is 18.1 Å². The Bertz CT molecular complexity index is 380. The predicted octanol–water partition coefficient (Wildman–Crippen LogP) is 2.67. The minimum atomic E-state index is -0.678. The molecule has 3 heteroatoms. The fourth-order valence-electron chi connectivity index (χ4n) is 1.33. The van der Waals surface area contributed by atoms with Gasteiger partial charge in [-0.2, -0.15) is 0 Å². The molecule has 1 atom stereocenters. The monoisotopic (exact) mass is 222 g/mol. The van der Waals surface area contributed by atoms with Crippen LogP contribution in [0, 0.1) is 18.2 Å². The molecule has 1 aromatic carbocycles. The summed E-state index contributed by atoms with van der Waals surface area (Å²) in [5.74, 6) is 2.50. The molecular weight excluding hydrogens is 207 g/mol. The number of rotatable bonds is 5. The van der Waals surface area contributed by atoms with E-state index in [1.807, 2.05) is 0 Å². The molecule has 0 bridgehead atoms. The number of hydrogen-bond donors (Lipinski definition) is 1. The Morgan fingerprint density at radius 2 is 2.31 bits per heavy atom. The molecule has 16 heavy (non-hydrogen) atoms. The number of ether oxygens (including phenoxy) is 1. The molecule has 0 aromatic heterocycles. The third-order valence-electron chi connectivity index (χ3n) is 2.15. The first-order valence-corrected chi connectivity index (χ1v) is 5.19. The van der Waals surface area contributed by atoms with Crippen LogP contribution in [-0.2, 0) is 0 Å². The molecule has 2 nitrogen and oxygen atoms in total. The summed E-state index contributed by atoms with van der Waals surface area (Å²) >= 11 is 0. The normalized spacial score (nSPS) is 11.9. The fourth-order valence-corrected chi connectivity index (χ4v) is 1.33. The van der Waals surface area contributed by atoms with Crippen LogP contribution in [0.4, 0.5) is 4.39 Å². The summed E-state index contributed by atoms with van der Waals surface area (Å²) < 4.78 is 18.4. The molecule has 0 fully saturated rings. The van der Waals surface area contributed by atoms with Crippen molar-refractivity contribution in [1.29, 1.82) is 0 Å². The van der Waals surface area contributed by atoms with Crippen LogP contribution < -0.4 is 4.74 Å². The molecule has 0 heterocycles. The summed E-state index contributed by atoms with van der Waals surface area (Å²) in [6.07, 6.45) is 5.77. The van der Waals surface area contributed by atoms with E-state index in [0.29, 0.717) is 30.8 Å². The van der Waals surface area contributed by atoms with Crippen LogP contribution in [0.15, 0.2) is 18.2 Å². The number of aliphatic hydroxyl groups excluding tert-OH is 1. The summed E-state index contributed by atoms with van der Waals surface area (Å²) in [7, 11) is 0. The summed E-state index contributed by atoms with van der Waals surface area (Å²) in [4.78, 5) is 0. The van der Waals surface area contributed by atoms with Gasteiger partial charge in [0.25, 0.3) is 0 Å². The second kappa shape index (κ2) is 6.14. The van der Waals surface area contributed by atoms with Gasteiger partial charge in [-0.05, 0) is 25.5 Å². The fraction of sp³-hybridized carbons (Fsp3) is 0.385. The van der Waals surface area contributed by atoms with Crippen molar-refractivity contribution in [3.63, 3.8) is 0 Å². The highest BCUT2D eigenvalue weighted by Crippen LogP contribution is 2.26. The van der Waals surface area contributed by atoms with Crippen LogP contribution in [0.5, 0.6) is 5.75 Å². The van der Waals surface area contributed by atoms with Gasteiger partial charge in [-0.25, -0.2) is 4.39 Å². The molecule has 0 aliphatic rings. The zero-order valence-corrected chi connectivity index (χ0v) is 9.24. The van der Waals surface area contributed by atoms with E-state index in [-0.39, 0.29) is 5.82 Å². The molecular formula is C13H15FO2. The van der Waals surface area contributed by atoms with Crippen LogP contribution in [0.2, 0.25) is 0 Å². The van der Waals surface area contributed by atoms with E-state index in [1.54, 1.807) is 6.92 Å². The van der Waals surface area contributed by atoms with Gasteiger partial charge in [0, 0.05) is 18.1 Å². The van der Waals surface area contributed by atoms with Crippen molar-refractivity contribution < 1.29 is 14.2 Å². The number of hydrogen-bond acceptors (Lipinski definition) is 2. The topological polar surface area (TPSA) is 29.5 Å². The summed E-state index contributed by atoms with van der Waals surface area (Å²) in [6.45, 7) is 2.04. The van der Waals surface area contributed by atoms with E-state index in [9.17, 15) is 9.50 Å². The number of terminal acetylenes is 1. The average Bonchev–Trinajstić information content (AvgIpc) is 2.24. The van der Waals surface area contributed by atoms with E-state index in [2.05, 4.69) is 5.92 Å². The van der Waals surface area contributed by atoms with Gasteiger partial charge in [0.1, 0.15) is 11.6 Å². The largest absolute Gasteiger partial charge is 0.493 e. The molecule has 0 saturated carbocycles. The van der Waals surface area contributed by atoms with Gasteiger partial charge in [0.2, 0.25) is 0 Å². The second-order valence-electron chi connectivity index (χ2n) is 3.51. The Labute approximate surface area is 95.1 Å². The van der Waals surface area contributed by atoms with E-state index in [1.165, 1.54) is 18.2 Å². The lowest BCUT2D eigenvalue weighted by Crippen LogP contribution is -2.02. The van der Waals surface area contributed by atoms with E-state index in [0.717, 1.165) is 0 Å². The third kappa shape index (κ3) is 3.56. The summed E-state index contributed by atoms with van der Waals surface area (Å²) in [5.41, 5.74) is 0.585. The lowest BCUT2D eigenvalue weighted by Gasteiger charge is -2.13. The van der Waals surface area contributed by atoms with Crippen molar-refractivity contribution in [2.45, 2.75) is 25.9 Å². The first-order chi connectivity index (χ1) is 7.65. The first kappa shape index (κ1) is 12.5. The third-order valence-corrected chi connectivity index (χ3v) is 2.15. The smallest absolute Gasteiger partial charge is 0.127 e. The Morgan fingerprint density at radius 3 is 2.94 bits per heavy atom. The first-order valence-electron chi connectivity index (χ1n) is 5.19. The predicted molar refractivity (Wildman–Crippen MR) is 60.6 cm³/mol. The molecule has 0 spiro atoms. The van der Waals surface area contributed by atoms with Gasteiger partial charge in [-0.15, -0.1) is 12.3 Å². The molecule has 86 valence electrons. The molecule has 1 unspecified atom stereocenters. The van der Waals surface area contributed by atoms with Gasteiger partial charge in [-0.1, -0.05) is 0 Å². The maximum Gasteiger partial charge on any atom is 0.127 e. The quantitative estimate of drug-likeness (QED) is 0.613. The van der Waals surface area contributed by atoms with Crippen LogP contribution in [0.1, 0.15) is 31.4 Å². The Kier molecular flexibility index (Phi) is 4.81. The van der Waals surface area contributed by atoms with Crippen molar-refractivity contribution >= 4 is 0 Å². The Balaban J connectivity index is 2.69. The molecule has 0 radical (unpaired) electrons. The molecule has 0 amide bonds. The number of unbranched alkanes of at least 4 members (excludes halogenated alkanes) is 1. The molecule has 1 aromatic rings. The summed E-state index contributed by atoms with van der Waals surface area (Å²) in [6, 6.07) is 4.10. The van der Waals surface area contributed by atoms with E-state index < -0.39 is 6.10 Å². The van der Waals surface area contributed by atoms with Crippen LogP contribution >= 0.6 is 0 Å². The molecule has 1 rings (SSSR count). The summed E-state index contributed by atoms with van der Waals surface area (Å²) in [5, 5.41) is 9.46. The zero-order chi connectivity index (χ0) is 12.0. The van der Waals surface area contributed by atoms with Crippen molar-refractivity contribution in [2.75, 3.05) is 6.61 Å². The minimum absolute atomic E-state index is 0.378. The Hall–Kier alpha value is -1.53. The number of aliphatic hydroxyl groups is 1. The van der Waals surface area contributed by atoms with Gasteiger partial charge in [-0.3, -0.25) is 0 Å². The van der Waals surface area contributed by atoms with Crippen LogP contribution in [0.3, 0.4) is 0 Å². The van der Waals surface area contributed by atoms with E-state index in [4.69, 9.17) is 11.2 Å². The molecule has 1 N–H and O–H groups in total.